The number of ether oxygens (including phenoxy) is 1. The number of carboxylic acid groups (broad SMARTS) is 1. The molecule has 4 rings (SSSR count). The van der Waals surface area contributed by atoms with Crippen LogP contribution in [0.25, 0.3) is 11.1 Å². The lowest BCUT2D eigenvalue weighted by Gasteiger charge is -2.17. The van der Waals surface area contributed by atoms with E-state index in [0.29, 0.717) is 11.4 Å². The molecule has 35 heavy (non-hydrogen) atoms. The number of carboxylic acids is 1. The Bertz CT molecular complexity index is 1230. The number of alkyl carbamates (subject to hydrolysis) is 1. The molecule has 0 saturated carbocycles. The van der Waals surface area contributed by atoms with E-state index in [-0.39, 0.29) is 42.1 Å². The standard InChI is InChI=1S/C27H25ClN2O5/c1-16(10-13-25(31)30-24-14-17(28)11-12-22(24)26(32)33)29-27(34)35-15-23-20-8-4-2-6-18(20)19-7-3-5-9-21(19)23/h2-9,11-12,14,16,23H,10,13,15H2,1H3,(H,29,34)(H,30,31)(H,32,33). The number of amides is 2. The minimum atomic E-state index is -1.16. The molecule has 1 atom stereocenters. The highest BCUT2D eigenvalue weighted by molar-refractivity contribution is 6.31. The van der Waals surface area contributed by atoms with Gasteiger partial charge in [0.1, 0.15) is 6.61 Å². The van der Waals surface area contributed by atoms with Gasteiger partial charge in [0.25, 0.3) is 0 Å². The van der Waals surface area contributed by atoms with Crippen LogP contribution in [0.4, 0.5) is 10.5 Å². The van der Waals surface area contributed by atoms with Crippen molar-refractivity contribution in [2.45, 2.75) is 31.7 Å². The number of fused-ring (bicyclic) bond motifs is 3. The van der Waals surface area contributed by atoms with Crippen LogP contribution in [-0.4, -0.2) is 35.7 Å². The van der Waals surface area contributed by atoms with Crippen molar-refractivity contribution < 1.29 is 24.2 Å². The summed E-state index contributed by atoms with van der Waals surface area (Å²) in [6.07, 6.45) is -0.127. The number of aromatic carboxylic acids is 1. The summed E-state index contributed by atoms with van der Waals surface area (Å²) in [6, 6.07) is 20.1. The summed E-state index contributed by atoms with van der Waals surface area (Å²) in [5.74, 6) is -1.58. The first kappa shape index (κ1) is 24.3. The second-order valence-electron chi connectivity index (χ2n) is 8.45. The van der Waals surface area contributed by atoms with Gasteiger partial charge >= 0.3 is 12.1 Å². The third-order valence-electron chi connectivity index (χ3n) is 6.00. The Kier molecular flexibility index (Phi) is 7.36. The van der Waals surface area contributed by atoms with Gasteiger partial charge in [0.05, 0.1) is 11.3 Å². The molecule has 7 nitrogen and oxygen atoms in total. The van der Waals surface area contributed by atoms with E-state index in [0.717, 1.165) is 22.3 Å². The Labute approximate surface area is 208 Å². The van der Waals surface area contributed by atoms with Crippen molar-refractivity contribution in [3.8, 4) is 11.1 Å². The first-order valence-electron chi connectivity index (χ1n) is 11.3. The third-order valence-corrected chi connectivity index (χ3v) is 6.23. The zero-order chi connectivity index (χ0) is 24.9. The highest BCUT2D eigenvalue weighted by Crippen LogP contribution is 2.44. The Hall–Kier alpha value is -3.84. The summed E-state index contributed by atoms with van der Waals surface area (Å²) in [7, 11) is 0. The minimum Gasteiger partial charge on any atom is -0.478 e. The Morgan fingerprint density at radius 2 is 1.63 bits per heavy atom. The number of benzene rings is 3. The Morgan fingerprint density at radius 1 is 1.00 bits per heavy atom. The SMILES string of the molecule is CC(CCC(=O)Nc1cc(Cl)ccc1C(=O)O)NC(=O)OCC1c2ccccc2-c2ccccc21. The number of anilines is 1. The van der Waals surface area contributed by atoms with Gasteiger partial charge in [-0.3, -0.25) is 4.79 Å². The zero-order valence-corrected chi connectivity index (χ0v) is 19.8. The number of halogens is 1. The van der Waals surface area contributed by atoms with Crippen LogP contribution in [0.3, 0.4) is 0 Å². The third kappa shape index (κ3) is 5.63. The first-order chi connectivity index (χ1) is 16.8. The lowest BCUT2D eigenvalue weighted by Crippen LogP contribution is -2.34. The van der Waals surface area contributed by atoms with E-state index in [1.54, 1.807) is 6.92 Å². The van der Waals surface area contributed by atoms with Crippen LogP contribution in [0.1, 0.15) is 47.2 Å². The lowest BCUT2D eigenvalue weighted by molar-refractivity contribution is -0.116. The van der Waals surface area contributed by atoms with Crippen molar-refractivity contribution in [3.63, 3.8) is 0 Å². The second-order valence-corrected chi connectivity index (χ2v) is 8.89. The first-order valence-corrected chi connectivity index (χ1v) is 11.7. The zero-order valence-electron chi connectivity index (χ0n) is 19.1. The van der Waals surface area contributed by atoms with Gasteiger partial charge in [0, 0.05) is 23.4 Å². The molecule has 0 saturated heterocycles. The minimum absolute atomic E-state index is 0.0321. The predicted octanol–water partition coefficient (Wildman–Crippen LogP) is 5.68. The quantitative estimate of drug-likeness (QED) is 0.375. The molecule has 0 fully saturated rings. The van der Waals surface area contributed by atoms with Gasteiger partial charge in [-0.05, 0) is 53.8 Å². The molecule has 0 aliphatic heterocycles. The summed E-state index contributed by atoms with van der Waals surface area (Å²) in [5.41, 5.74) is 4.66. The van der Waals surface area contributed by atoms with E-state index in [1.165, 1.54) is 18.2 Å². The average Bonchev–Trinajstić information content (AvgIpc) is 3.15. The molecule has 0 bridgehead atoms. The number of hydrogen-bond acceptors (Lipinski definition) is 4. The molecule has 3 aromatic rings. The maximum absolute atomic E-state index is 12.4. The van der Waals surface area contributed by atoms with E-state index in [1.807, 2.05) is 24.3 Å². The molecule has 1 aliphatic carbocycles. The summed E-state index contributed by atoms with van der Waals surface area (Å²) in [4.78, 5) is 36.1. The van der Waals surface area contributed by atoms with E-state index in [9.17, 15) is 19.5 Å². The van der Waals surface area contributed by atoms with Crippen LogP contribution >= 0.6 is 11.6 Å². The molecule has 3 aromatic carbocycles. The second kappa shape index (κ2) is 10.6. The summed E-state index contributed by atoms with van der Waals surface area (Å²) in [5, 5.41) is 14.9. The Morgan fingerprint density at radius 3 is 2.26 bits per heavy atom. The number of nitrogens with one attached hydrogen (secondary N) is 2. The monoisotopic (exact) mass is 492 g/mol. The predicted molar refractivity (Wildman–Crippen MR) is 134 cm³/mol. The molecule has 1 unspecified atom stereocenters. The van der Waals surface area contributed by atoms with Gasteiger partial charge in [0.2, 0.25) is 5.91 Å². The molecular weight excluding hydrogens is 468 g/mol. The fraction of sp³-hybridized carbons (Fsp3) is 0.222. The molecule has 1 aliphatic rings. The van der Waals surface area contributed by atoms with Gasteiger partial charge in [-0.2, -0.15) is 0 Å². The lowest BCUT2D eigenvalue weighted by atomic mass is 9.98. The van der Waals surface area contributed by atoms with Crippen LogP contribution in [0.15, 0.2) is 66.7 Å². The van der Waals surface area contributed by atoms with E-state index in [4.69, 9.17) is 16.3 Å². The molecule has 3 N–H and O–H groups in total. The van der Waals surface area contributed by atoms with Crippen molar-refractivity contribution >= 4 is 35.3 Å². The molecule has 180 valence electrons. The highest BCUT2D eigenvalue weighted by Gasteiger charge is 2.29. The molecule has 0 aromatic heterocycles. The van der Waals surface area contributed by atoms with Gasteiger partial charge in [-0.25, -0.2) is 9.59 Å². The topological polar surface area (TPSA) is 105 Å². The van der Waals surface area contributed by atoms with E-state index >= 15 is 0 Å². The highest BCUT2D eigenvalue weighted by atomic mass is 35.5. The summed E-state index contributed by atoms with van der Waals surface area (Å²) < 4.78 is 5.54. The largest absolute Gasteiger partial charge is 0.478 e. The molecule has 0 spiro atoms. The normalized spacial score (nSPS) is 12.9. The fourth-order valence-electron chi connectivity index (χ4n) is 4.28. The molecule has 0 radical (unpaired) electrons. The maximum atomic E-state index is 12.4. The summed E-state index contributed by atoms with van der Waals surface area (Å²) in [6.45, 7) is 1.98. The summed E-state index contributed by atoms with van der Waals surface area (Å²) >= 11 is 5.92. The van der Waals surface area contributed by atoms with E-state index < -0.39 is 12.1 Å². The van der Waals surface area contributed by atoms with Crippen LogP contribution < -0.4 is 10.6 Å². The van der Waals surface area contributed by atoms with Crippen molar-refractivity contribution in [1.29, 1.82) is 0 Å². The number of carbonyl (C=O) groups is 3. The van der Waals surface area contributed by atoms with Crippen LogP contribution in [0.2, 0.25) is 5.02 Å². The van der Waals surface area contributed by atoms with Crippen molar-refractivity contribution in [2.75, 3.05) is 11.9 Å². The van der Waals surface area contributed by atoms with Gasteiger partial charge in [-0.15, -0.1) is 0 Å². The number of rotatable bonds is 8. The fourth-order valence-corrected chi connectivity index (χ4v) is 4.45. The van der Waals surface area contributed by atoms with Crippen LogP contribution in [0, 0.1) is 0 Å². The van der Waals surface area contributed by atoms with Gasteiger partial charge in [0.15, 0.2) is 0 Å². The molecule has 0 heterocycles. The molecular formula is C27H25ClN2O5. The number of hydrogen-bond donors (Lipinski definition) is 3. The van der Waals surface area contributed by atoms with Gasteiger partial charge < -0.3 is 20.5 Å². The van der Waals surface area contributed by atoms with Crippen LogP contribution in [-0.2, 0) is 9.53 Å². The average molecular weight is 493 g/mol. The molecule has 2 amide bonds. The maximum Gasteiger partial charge on any atom is 0.407 e. The van der Waals surface area contributed by atoms with Crippen molar-refractivity contribution in [3.05, 3.63) is 88.4 Å². The Balaban J connectivity index is 1.27. The van der Waals surface area contributed by atoms with Crippen LogP contribution in [0.5, 0.6) is 0 Å². The smallest absolute Gasteiger partial charge is 0.407 e. The van der Waals surface area contributed by atoms with Crippen molar-refractivity contribution in [1.82, 2.24) is 5.32 Å². The van der Waals surface area contributed by atoms with E-state index in [2.05, 4.69) is 34.9 Å². The van der Waals surface area contributed by atoms with Crippen molar-refractivity contribution in [2.24, 2.45) is 0 Å². The van der Waals surface area contributed by atoms with Gasteiger partial charge in [-0.1, -0.05) is 60.1 Å². The molecule has 8 heteroatoms. The number of carbonyl (C=O) groups excluding carboxylic acids is 2.